The average Bonchev–Trinajstić information content (AvgIpc) is 3.20. The summed E-state index contributed by atoms with van der Waals surface area (Å²) in [6.07, 6.45) is 1.80. The van der Waals surface area contributed by atoms with Gasteiger partial charge in [0.2, 0.25) is 5.91 Å². The number of carbonyl (C=O) groups excluding carboxylic acids is 1. The summed E-state index contributed by atoms with van der Waals surface area (Å²) in [5.41, 5.74) is 0.232. The molecular formula is C21H20FN3O3. The van der Waals surface area contributed by atoms with Crippen molar-refractivity contribution in [3.05, 3.63) is 80.6 Å². The highest BCUT2D eigenvalue weighted by molar-refractivity contribution is 5.80. The predicted molar refractivity (Wildman–Crippen MR) is 104 cm³/mol. The number of fused-ring (bicyclic) bond motifs is 1. The molecular weight excluding hydrogens is 361 g/mol. The van der Waals surface area contributed by atoms with Crippen LogP contribution < -0.4 is 11.1 Å². The van der Waals surface area contributed by atoms with E-state index in [1.165, 1.54) is 16.8 Å². The Morgan fingerprint density at radius 3 is 2.54 bits per heavy atom. The zero-order valence-corrected chi connectivity index (χ0v) is 15.2. The molecule has 1 aromatic heterocycles. The minimum atomic E-state index is -0.354. The number of nitrogens with one attached hydrogen (secondary N) is 1. The molecule has 1 atom stereocenters. The number of hydrogen-bond donors (Lipinski definition) is 1. The molecule has 144 valence electrons. The van der Waals surface area contributed by atoms with E-state index in [4.69, 9.17) is 0 Å². The van der Waals surface area contributed by atoms with Crippen molar-refractivity contribution in [2.45, 2.75) is 31.8 Å². The van der Waals surface area contributed by atoms with Crippen molar-refractivity contribution in [2.75, 3.05) is 6.54 Å². The summed E-state index contributed by atoms with van der Waals surface area (Å²) in [6.45, 7) is 0.731. The molecule has 0 radical (unpaired) electrons. The van der Waals surface area contributed by atoms with Crippen LogP contribution in [0.25, 0.3) is 10.8 Å². The minimum Gasteiger partial charge on any atom is -0.336 e. The largest absolute Gasteiger partial charge is 0.336 e. The number of hydrogen-bond acceptors (Lipinski definition) is 3. The van der Waals surface area contributed by atoms with E-state index in [2.05, 4.69) is 5.10 Å². The van der Waals surface area contributed by atoms with Crippen LogP contribution in [-0.2, 0) is 11.3 Å². The van der Waals surface area contributed by atoms with Gasteiger partial charge in [0.05, 0.1) is 23.4 Å². The highest BCUT2D eigenvalue weighted by Crippen LogP contribution is 2.32. The second kappa shape index (κ2) is 7.42. The number of likely N-dealkylation sites (tertiary alicyclic amines) is 1. The summed E-state index contributed by atoms with van der Waals surface area (Å²) < 4.78 is 14.4. The van der Waals surface area contributed by atoms with Gasteiger partial charge in [0.1, 0.15) is 5.82 Å². The molecule has 6 nitrogen and oxygen atoms in total. The number of nitrogens with zero attached hydrogens (tertiary/aromatic N) is 2. The van der Waals surface area contributed by atoms with Gasteiger partial charge in [0, 0.05) is 13.0 Å². The first kappa shape index (κ1) is 18.2. The molecule has 1 aliphatic rings. The SMILES string of the molecule is O=C(CCn1[nH]c(=O)c2ccccc2c1=O)N1CCC[C@@H]1c1ccc(F)cc1. The summed E-state index contributed by atoms with van der Waals surface area (Å²) in [4.78, 5) is 39.3. The fourth-order valence-corrected chi connectivity index (χ4v) is 3.85. The second-order valence-corrected chi connectivity index (χ2v) is 6.99. The zero-order chi connectivity index (χ0) is 19.7. The molecule has 0 saturated carbocycles. The number of amides is 1. The number of halogens is 1. The molecule has 1 amide bonds. The first-order valence-corrected chi connectivity index (χ1v) is 9.31. The monoisotopic (exact) mass is 381 g/mol. The van der Waals surface area contributed by atoms with E-state index in [1.807, 2.05) is 0 Å². The first-order chi connectivity index (χ1) is 13.5. The molecule has 1 fully saturated rings. The molecule has 1 aliphatic heterocycles. The van der Waals surface area contributed by atoms with Gasteiger partial charge in [-0.15, -0.1) is 0 Å². The van der Waals surface area contributed by atoms with E-state index < -0.39 is 0 Å². The molecule has 28 heavy (non-hydrogen) atoms. The molecule has 4 rings (SSSR count). The van der Waals surface area contributed by atoms with Crippen LogP contribution in [0.1, 0.15) is 30.9 Å². The Kier molecular flexibility index (Phi) is 4.81. The van der Waals surface area contributed by atoms with Crippen LogP contribution >= 0.6 is 0 Å². The Hall–Kier alpha value is -3.22. The summed E-state index contributed by atoms with van der Waals surface area (Å²) in [6, 6.07) is 12.7. The topological polar surface area (TPSA) is 75.2 Å². The van der Waals surface area contributed by atoms with Crippen molar-refractivity contribution < 1.29 is 9.18 Å². The van der Waals surface area contributed by atoms with Crippen LogP contribution in [0.5, 0.6) is 0 Å². The van der Waals surface area contributed by atoms with E-state index in [0.29, 0.717) is 17.3 Å². The van der Waals surface area contributed by atoms with E-state index >= 15 is 0 Å². The van der Waals surface area contributed by atoms with E-state index in [0.717, 1.165) is 18.4 Å². The molecule has 0 unspecified atom stereocenters. The number of aromatic amines is 1. The maximum absolute atomic E-state index is 13.2. The standard InChI is InChI=1S/C21H20FN3O3/c22-15-9-7-14(8-10-15)18-6-3-12-24(18)19(26)11-13-25-21(28)17-5-2-1-4-16(17)20(27)23-25/h1-2,4-5,7-10,18H,3,6,11-13H2,(H,23,27)/t18-/m1/s1. The van der Waals surface area contributed by atoms with Crippen molar-refractivity contribution in [1.29, 1.82) is 0 Å². The van der Waals surface area contributed by atoms with Crippen molar-refractivity contribution in [3.8, 4) is 0 Å². The zero-order valence-electron chi connectivity index (χ0n) is 15.2. The third kappa shape index (κ3) is 3.35. The lowest BCUT2D eigenvalue weighted by molar-refractivity contribution is -0.132. The second-order valence-electron chi connectivity index (χ2n) is 6.99. The normalized spacial score (nSPS) is 16.6. The van der Waals surface area contributed by atoms with Gasteiger partial charge in [0.15, 0.2) is 0 Å². The third-order valence-corrected chi connectivity index (χ3v) is 5.26. The molecule has 0 aliphatic carbocycles. The number of H-pyrrole nitrogens is 1. The maximum atomic E-state index is 13.2. The highest BCUT2D eigenvalue weighted by atomic mass is 19.1. The lowest BCUT2D eigenvalue weighted by atomic mass is 10.0. The molecule has 1 N–H and O–H groups in total. The first-order valence-electron chi connectivity index (χ1n) is 9.31. The maximum Gasteiger partial charge on any atom is 0.273 e. The smallest absolute Gasteiger partial charge is 0.273 e. The summed E-state index contributed by atoms with van der Waals surface area (Å²) in [7, 11) is 0. The van der Waals surface area contributed by atoms with E-state index in [-0.39, 0.29) is 41.9 Å². The van der Waals surface area contributed by atoms with Gasteiger partial charge in [-0.2, -0.15) is 0 Å². The average molecular weight is 381 g/mol. The van der Waals surface area contributed by atoms with Crippen LogP contribution in [0.4, 0.5) is 4.39 Å². The van der Waals surface area contributed by atoms with Crippen LogP contribution in [-0.4, -0.2) is 27.1 Å². The number of aryl methyl sites for hydroxylation is 1. The molecule has 7 heteroatoms. The summed E-state index contributed by atoms with van der Waals surface area (Å²) in [5, 5.41) is 3.23. The fraction of sp³-hybridized carbons (Fsp3) is 0.286. The third-order valence-electron chi connectivity index (χ3n) is 5.26. The Labute approximate surface area is 160 Å². The molecule has 3 aromatic rings. The van der Waals surface area contributed by atoms with Crippen LogP contribution in [0.2, 0.25) is 0 Å². The molecule has 2 aromatic carbocycles. The summed E-state index contributed by atoms with van der Waals surface area (Å²) >= 11 is 0. The Morgan fingerprint density at radius 1 is 1.07 bits per heavy atom. The van der Waals surface area contributed by atoms with Gasteiger partial charge in [0.25, 0.3) is 11.1 Å². The van der Waals surface area contributed by atoms with Gasteiger partial charge >= 0.3 is 0 Å². The van der Waals surface area contributed by atoms with Crippen LogP contribution in [0.15, 0.2) is 58.1 Å². The quantitative estimate of drug-likeness (QED) is 0.755. The molecule has 1 saturated heterocycles. The Bertz CT molecular complexity index is 1130. The number of benzene rings is 2. The van der Waals surface area contributed by atoms with Gasteiger partial charge < -0.3 is 4.90 Å². The lowest BCUT2D eigenvalue weighted by Gasteiger charge is -2.25. The van der Waals surface area contributed by atoms with Gasteiger partial charge in [-0.1, -0.05) is 24.3 Å². The van der Waals surface area contributed by atoms with Crippen molar-refractivity contribution >= 4 is 16.7 Å². The number of rotatable bonds is 4. The Balaban J connectivity index is 1.52. The van der Waals surface area contributed by atoms with Crippen molar-refractivity contribution in [2.24, 2.45) is 0 Å². The van der Waals surface area contributed by atoms with E-state index in [1.54, 1.807) is 41.3 Å². The highest BCUT2D eigenvalue weighted by Gasteiger charge is 2.29. The van der Waals surface area contributed by atoms with E-state index in [9.17, 15) is 18.8 Å². The van der Waals surface area contributed by atoms with Gasteiger partial charge in [-0.3, -0.25) is 19.5 Å². The molecule has 0 spiro atoms. The molecule has 0 bridgehead atoms. The fourth-order valence-electron chi connectivity index (χ4n) is 3.85. The Morgan fingerprint density at radius 2 is 1.79 bits per heavy atom. The van der Waals surface area contributed by atoms with Gasteiger partial charge in [-0.05, 0) is 42.7 Å². The number of aromatic nitrogens is 2. The molecule has 2 heterocycles. The van der Waals surface area contributed by atoms with Crippen molar-refractivity contribution in [1.82, 2.24) is 14.7 Å². The van der Waals surface area contributed by atoms with Gasteiger partial charge in [-0.25, -0.2) is 9.07 Å². The predicted octanol–water partition coefficient (Wildman–Crippen LogP) is 2.58. The van der Waals surface area contributed by atoms with Crippen LogP contribution in [0.3, 0.4) is 0 Å². The number of carbonyl (C=O) groups is 1. The van der Waals surface area contributed by atoms with Crippen molar-refractivity contribution in [3.63, 3.8) is 0 Å². The minimum absolute atomic E-state index is 0.0829. The summed E-state index contributed by atoms with van der Waals surface area (Å²) in [5.74, 6) is -0.396. The lowest BCUT2D eigenvalue weighted by Crippen LogP contribution is -2.34. The van der Waals surface area contributed by atoms with Crippen LogP contribution in [0, 0.1) is 5.82 Å².